The molecule has 0 heterocycles. The highest BCUT2D eigenvalue weighted by molar-refractivity contribution is 8.09. The Morgan fingerprint density at radius 1 is 1.15 bits per heavy atom. The van der Waals surface area contributed by atoms with Crippen molar-refractivity contribution in [3.8, 4) is 5.75 Å². The predicted molar refractivity (Wildman–Crippen MR) is 91.0 cm³/mol. The molecule has 0 bridgehead atoms. The van der Waals surface area contributed by atoms with Crippen LogP contribution in [0.3, 0.4) is 0 Å². The largest absolute Gasteiger partial charge is 0.456 e. The first-order valence-electron chi connectivity index (χ1n) is 7.08. The standard InChI is InChI=1S/C16H11ClF3NO4S/c1-2-24-16(23)26-25-13-5-8(3-4-10(13)17)15(22)21-9-6-11(18)14(20)12(19)7-9/h3-7H,2H2,1H3,(H,21,22). The summed E-state index contributed by atoms with van der Waals surface area (Å²) < 4.78 is 49.1. The molecule has 2 rings (SSSR count). The number of nitrogens with one attached hydrogen (secondary N) is 1. The van der Waals surface area contributed by atoms with Crippen molar-refractivity contribution >= 4 is 40.5 Å². The van der Waals surface area contributed by atoms with E-state index in [1.165, 1.54) is 18.2 Å². The number of benzene rings is 2. The van der Waals surface area contributed by atoms with Crippen LogP contribution >= 0.6 is 23.6 Å². The number of amides is 1. The van der Waals surface area contributed by atoms with Gasteiger partial charge in [0.25, 0.3) is 5.91 Å². The summed E-state index contributed by atoms with van der Waals surface area (Å²) in [5.74, 6) is -5.26. The van der Waals surface area contributed by atoms with E-state index in [-0.39, 0.29) is 28.6 Å². The molecular formula is C16H11ClF3NO4S. The molecule has 0 fully saturated rings. The van der Waals surface area contributed by atoms with Gasteiger partial charge >= 0.3 is 5.30 Å². The molecule has 0 spiro atoms. The summed E-state index contributed by atoms with van der Waals surface area (Å²) in [7, 11) is 0. The second-order valence-electron chi connectivity index (χ2n) is 4.70. The molecule has 10 heteroatoms. The van der Waals surface area contributed by atoms with E-state index in [4.69, 9.17) is 15.8 Å². The molecule has 5 nitrogen and oxygen atoms in total. The highest BCUT2D eigenvalue weighted by Gasteiger charge is 2.15. The van der Waals surface area contributed by atoms with Crippen LogP contribution in [0.2, 0.25) is 5.02 Å². The monoisotopic (exact) mass is 405 g/mol. The van der Waals surface area contributed by atoms with E-state index in [1.807, 2.05) is 0 Å². The van der Waals surface area contributed by atoms with Crippen molar-refractivity contribution in [3.63, 3.8) is 0 Å². The number of carbonyl (C=O) groups is 2. The summed E-state index contributed by atoms with van der Waals surface area (Å²) in [5.41, 5.74) is -0.247. The summed E-state index contributed by atoms with van der Waals surface area (Å²) in [5, 5.41) is 1.64. The van der Waals surface area contributed by atoms with Gasteiger partial charge in [-0.25, -0.2) is 18.0 Å². The Labute approximate surface area is 155 Å². The summed E-state index contributed by atoms with van der Waals surface area (Å²) in [6.45, 7) is 1.79. The van der Waals surface area contributed by atoms with E-state index in [2.05, 4.69) is 10.1 Å². The molecule has 0 unspecified atom stereocenters. The van der Waals surface area contributed by atoms with Crippen LogP contribution in [-0.2, 0) is 4.74 Å². The normalized spacial score (nSPS) is 10.3. The van der Waals surface area contributed by atoms with Crippen LogP contribution in [-0.4, -0.2) is 17.8 Å². The highest BCUT2D eigenvalue weighted by atomic mass is 35.5. The number of hydrogen-bond donors (Lipinski definition) is 1. The maximum absolute atomic E-state index is 13.2. The Balaban J connectivity index is 2.14. The van der Waals surface area contributed by atoms with Crippen molar-refractivity contribution in [2.24, 2.45) is 0 Å². The molecule has 0 aliphatic heterocycles. The van der Waals surface area contributed by atoms with Crippen LogP contribution in [0, 0.1) is 17.5 Å². The van der Waals surface area contributed by atoms with E-state index in [0.717, 1.165) is 0 Å². The lowest BCUT2D eigenvalue weighted by atomic mass is 10.2. The number of carbonyl (C=O) groups excluding carboxylic acids is 2. The average Bonchev–Trinajstić information content (AvgIpc) is 2.59. The molecule has 2 aromatic rings. The van der Waals surface area contributed by atoms with Crippen LogP contribution in [0.25, 0.3) is 0 Å². The Kier molecular flexibility index (Phi) is 6.76. The molecule has 0 saturated heterocycles. The third-order valence-corrected chi connectivity index (χ3v) is 3.73. The lowest BCUT2D eigenvalue weighted by Crippen LogP contribution is -2.13. The van der Waals surface area contributed by atoms with Gasteiger partial charge in [0.15, 0.2) is 35.2 Å². The number of rotatable bonds is 5. The maximum Gasteiger partial charge on any atom is 0.406 e. The van der Waals surface area contributed by atoms with Crippen LogP contribution in [0.4, 0.5) is 23.7 Å². The first-order chi connectivity index (χ1) is 12.3. The topological polar surface area (TPSA) is 64.6 Å². The zero-order valence-corrected chi connectivity index (χ0v) is 14.7. The fraction of sp³-hybridized carbons (Fsp3) is 0.125. The molecule has 2 aromatic carbocycles. The van der Waals surface area contributed by atoms with Crippen LogP contribution < -0.4 is 9.50 Å². The minimum atomic E-state index is -1.64. The highest BCUT2D eigenvalue weighted by Crippen LogP contribution is 2.29. The minimum absolute atomic E-state index is 0.00818. The van der Waals surface area contributed by atoms with Gasteiger partial charge in [-0.3, -0.25) is 4.79 Å². The summed E-state index contributed by atoms with van der Waals surface area (Å²) >= 11 is 6.30. The molecule has 0 atom stereocenters. The Bertz CT molecular complexity index is 827. The molecular weight excluding hydrogens is 395 g/mol. The second-order valence-corrected chi connectivity index (χ2v) is 5.78. The number of hydrogen-bond acceptors (Lipinski definition) is 5. The van der Waals surface area contributed by atoms with Gasteiger partial charge in [0.05, 0.1) is 11.6 Å². The second kappa shape index (κ2) is 8.81. The minimum Gasteiger partial charge on any atom is -0.456 e. The van der Waals surface area contributed by atoms with E-state index in [1.54, 1.807) is 6.92 Å². The van der Waals surface area contributed by atoms with Gasteiger partial charge in [0.2, 0.25) is 0 Å². The number of ether oxygens (including phenoxy) is 1. The summed E-state index contributed by atoms with van der Waals surface area (Å²) in [6, 6.07) is 5.17. The van der Waals surface area contributed by atoms with E-state index in [0.29, 0.717) is 24.2 Å². The van der Waals surface area contributed by atoms with E-state index >= 15 is 0 Å². The van der Waals surface area contributed by atoms with Crippen molar-refractivity contribution < 1.29 is 31.7 Å². The Morgan fingerprint density at radius 2 is 1.81 bits per heavy atom. The third-order valence-electron chi connectivity index (χ3n) is 2.90. The smallest absolute Gasteiger partial charge is 0.406 e. The van der Waals surface area contributed by atoms with Crippen molar-refractivity contribution in [3.05, 3.63) is 58.4 Å². The molecule has 138 valence electrons. The van der Waals surface area contributed by atoms with Gasteiger partial charge in [0, 0.05) is 23.4 Å². The fourth-order valence-corrected chi connectivity index (χ4v) is 2.42. The lowest BCUT2D eigenvalue weighted by molar-refractivity contribution is 0.102. The summed E-state index contributed by atoms with van der Waals surface area (Å²) in [6.07, 6.45) is 0. The average molecular weight is 406 g/mol. The molecule has 1 amide bonds. The zero-order valence-electron chi connectivity index (χ0n) is 13.1. The van der Waals surface area contributed by atoms with Crippen LogP contribution in [0.1, 0.15) is 17.3 Å². The Hall–Kier alpha value is -2.39. The molecule has 1 N–H and O–H groups in total. The summed E-state index contributed by atoms with van der Waals surface area (Å²) in [4.78, 5) is 23.4. The van der Waals surface area contributed by atoms with Crippen LogP contribution in [0.5, 0.6) is 5.75 Å². The van der Waals surface area contributed by atoms with Crippen molar-refractivity contribution in [1.29, 1.82) is 0 Å². The maximum atomic E-state index is 13.2. The molecule has 0 radical (unpaired) electrons. The quantitative estimate of drug-likeness (QED) is 0.421. The van der Waals surface area contributed by atoms with Crippen molar-refractivity contribution in [2.45, 2.75) is 6.92 Å². The van der Waals surface area contributed by atoms with Gasteiger partial charge in [-0.05, 0) is 25.1 Å². The van der Waals surface area contributed by atoms with E-state index < -0.39 is 28.7 Å². The van der Waals surface area contributed by atoms with E-state index in [9.17, 15) is 22.8 Å². The van der Waals surface area contributed by atoms with Gasteiger partial charge < -0.3 is 14.2 Å². The fourth-order valence-electron chi connectivity index (χ4n) is 1.76. The number of halogens is 4. The van der Waals surface area contributed by atoms with Gasteiger partial charge in [0.1, 0.15) is 0 Å². The molecule has 0 saturated carbocycles. The predicted octanol–water partition coefficient (Wildman–Crippen LogP) is 5.19. The lowest BCUT2D eigenvalue weighted by Gasteiger charge is -2.09. The molecule has 26 heavy (non-hydrogen) atoms. The molecule has 0 aliphatic carbocycles. The van der Waals surface area contributed by atoms with Crippen molar-refractivity contribution in [1.82, 2.24) is 0 Å². The Morgan fingerprint density at radius 3 is 2.42 bits per heavy atom. The van der Waals surface area contributed by atoms with Crippen molar-refractivity contribution in [2.75, 3.05) is 11.9 Å². The van der Waals surface area contributed by atoms with Crippen LogP contribution in [0.15, 0.2) is 30.3 Å². The van der Waals surface area contributed by atoms with Gasteiger partial charge in [-0.2, -0.15) is 0 Å². The zero-order chi connectivity index (χ0) is 19.3. The molecule has 0 aromatic heterocycles. The first kappa shape index (κ1) is 19.9. The third kappa shape index (κ3) is 5.06. The van der Waals surface area contributed by atoms with Gasteiger partial charge in [-0.1, -0.05) is 11.6 Å². The SMILES string of the molecule is CCOC(=O)SOc1cc(C(=O)Nc2cc(F)c(F)c(F)c2)ccc1Cl. The molecule has 0 aliphatic rings. The van der Waals surface area contributed by atoms with Gasteiger partial charge in [-0.15, -0.1) is 0 Å². The first-order valence-corrected chi connectivity index (χ1v) is 8.20. The number of anilines is 1.